The average molecular weight is 330 g/mol. The summed E-state index contributed by atoms with van der Waals surface area (Å²) in [6.45, 7) is 0.276. The van der Waals surface area contributed by atoms with Crippen LogP contribution in [0.25, 0.3) is 10.9 Å². The fraction of sp³-hybridized carbons (Fsp3) is 0.0625. The molecule has 0 saturated heterocycles. The van der Waals surface area contributed by atoms with Gasteiger partial charge in [0.15, 0.2) is 0 Å². The first-order chi connectivity index (χ1) is 11.1. The lowest BCUT2D eigenvalue weighted by Gasteiger charge is -2.08. The molecule has 7 heteroatoms. The van der Waals surface area contributed by atoms with Crippen molar-refractivity contribution >= 4 is 28.4 Å². The first kappa shape index (κ1) is 15.2. The molecule has 0 aliphatic rings. The Morgan fingerprint density at radius 3 is 2.78 bits per heavy atom. The number of benzene rings is 2. The molecule has 0 fully saturated rings. The molecule has 3 aromatic rings. The minimum Gasteiger partial charge on any atom is -0.294 e. The van der Waals surface area contributed by atoms with Crippen LogP contribution in [0.1, 0.15) is 15.9 Å². The molecule has 0 atom stereocenters. The van der Waals surface area contributed by atoms with Gasteiger partial charge in [-0.1, -0.05) is 29.8 Å². The van der Waals surface area contributed by atoms with Gasteiger partial charge in [0.05, 0.1) is 23.8 Å². The van der Waals surface area contributed by atoms with Crippen LogP contribution in [0.15, 0.2) is 53.6 Å². The first-order valence-corrected chi connectivity index (χ1v) is 7.15. The van der Waals surface area contributed by atoms with E-state index in [2.05, 4.69) is 4.98 Å². The second-order valence-electron chi connectivity index (χ2n) is 4.94. The highest BCUT2D eigenvalue weighted by atomic mass is 35.5. The van der Waals surface area contributed by atoms with Crippen molar-refractivity contribution in [2.75, 3.05) is 0 Å². The number of halogens is 1. The van der Waals surface area contributed by atoms with Gasteiger partial charge in [-0.2, -0.15) is 0 Å². The van der Waals surface area contributed by atoms with E-state index in [1.165, 1.54) is 23.0 Å². The summed E-state index contributed by atoms with van der Waals surface area (Å²) in [4.78, 5) is 28.3. The average Bonchev–Trinajstić information content (AvgIpc) is 2.58. The second kappa shape index (κ2) is 6.20. The fourth-order valence-electron chi connectivity index (χ4n) is 2.29. The number of amides is 1. The predicted molar refractivity (Wildman–Crippen MR) is 85.8 cm³/mol. The Bertz CT molecular complexity index is 953. The van der Waals surface area contributed by atoms with E-state index < -0.39 is 5.91 Å². The third-order valence-corrected chi connectivity index (χ3v) is 3.86. The van der Waals surface area contributed by atoms with E-state index in [1.807, 2.05) is 18.2 Å². The molecule has 0 radical (unpaired) electrons. The summed E-state index contributed by atoms with van der Waals surface area (Å²) in [5, 5.41) is 9.55. The molecular weight excluding hydrogens is 318 g/mol. The van der Waals surface area contributed by atoms with E-state index >= 15 is 0 Å². The lowest BCUT2D eigenvalue weighted by molar-refractivity contribution is 0.0706. The molecule has 2 aromatic carbocycles. The van der Waals surface area contributed by atoms with E-state index in [9.17, 15) is 9.59 Å². The predicted octanol–water partition coefficient (Wildman–Crippen LogP) is 2.22. The zero-order valence-electron chi connectivity index (χ0n) is 11.9. The Morgan fingerprint density at radius 2 is 2.04 bits per heavy atom. The molecule has 2 N–H and O–H groups in total. The summed E-state index contributed by atoms with van der Waals surface area (Å²) >= 11 is 6.11. The van der Waals surface area contributed by atoms with E-state index in [0.29, 0.717) is 15.9 Å². The Kier molecular flexibility index (Phi) is 4.10. The second-order valence-corrected chi connectivity index (χ2v) is 5.35. The summed E-state index contributed by atoms with van der Waals surface area (Å²) in [6.07, 6.45) is 1.44. The maximum atomic E-state index is 12.6. The van der Waals surface area contributed by atoms with Crippen LogP contribution in [0.2, 0.25) is 5.02 Å². The number of aromatic nitrogens is 2. The number of hydrogen-bond donors (Lipinski definition) is 2. The van der Waals surface area contributed by atoms with Crippen LogP contribution in [0.5, 0.6) is 0 Å². The monoisotopic (exact) mass is 329 g/mol. The van der Waals surface area contributed by atoms with Gasteiger partial charge < -0.3 is 0 Å². The van der Waals surface area contributed by atoms with Gasteiger partial charge in [0.25, 0.3) is 11.5 Å². The SMILES string of the molecule is O=C(NO)c1ccc2ncn(Cc3ccccc3Cl)c(=O)c2c1. The van der Waals surface area contributed by atoms with Crippen molar-refractivity contribution in [1.82, 2.24) is 15.0 Å². The van der Waals surface area contributed by atoms with Crippen molar-refractivity contribution in [3.8, 4) is 0 Å². The van der Waals surface area contributed by atoms with Gasteiger partial charge in [-0.3, -0.25) is 19.4 Å². The van der Waals surface area contributed by atoms with Crippen LogP contribution in [-0.2, 0) is 6.54 Å². The van der Waals surface area contributed by atoms with Crippen LogP contribution in [0, 0.1) is 0 Å². The molecule has 1 heterocycles. The maximum Gasteiger partial charge on any atom is 0.274 e. The normalized spacial score (nSPS) is 10.7. The largest absolute Gasteiger partial charge is 0.294 e. The van der Waals surface area contributed by atoms with Crippen LogP contribution < -0.4 is 11.0 Å². The molecule has 0 saturated carbocycles. The number of carbonyl (C=O) groups is 1. The van der Waals surface area contributed by atoms with E-state index in [0.717, 1.165) is 5.56 Å². The van der Waals surface area contributed by atoms with Gasteiger partial charge in [0.1, 0.15) is 0 Å². The molecule has 0 spiro atoms. The van der Waals surface area contributed by atoms with Crippen LogP contribution in [0.3, 0.4) is 0 Å². The molecule has 3 rings (SSSR count). The van der Waals surface area contributed by atoms with Crippen molar-refractivity contribution in [3.63, 3.8) is 0 Å². The quantitative estimate of drug-likeness (QED) is 0.570. The van der Waals surface area contributed by atoms with Crippen LogP contribution in [-0.4, -0.2) is 20.7 Å². The highest BCUT2D eigenvalue weighted by Gasteiger charge is 2.10. The smallest absolute Gasteiger partial charge is 0.274 e. The Morgan fingerprint density at radius 1 is 1.26 bits per heavy atom. The number of hydrogen-bond acceptors (Lipinski definition) is 4. The lowest BCUT2D eigenvalue weighted by atomic mass is 10.1. The summed E-state index contributed by atoms with van der Waals surface area (Å²) in [5.41, 5.74) is 2.69. The number of nitrogens with zero attached hydrogens (tertiary/aromatic N) is 2. The molecule has 6 nitrogen and oxygen atoms in total. The Hall–Kier alpha value is -2.70. The maximum absolute atomic E-state index is 12.6. The minimum absolute atomic E-state index is 0.175. The molecule has 116 valence electrons. The molecular formula is C16H12ClN3O3. The standard InChI is InChI=1S/C16H12ClN3O3/c17-13-4-2-1-3-11(13)8-20-9-18-14-6-5-10(15(21)19-23)7-12(14)16(20)22/h1-7,9,23H,8H2,(H,19,21). The van der Waals surface area contributed by atoms with Crippen molar-refractivity contribution in [2.24, 2.45) is 0 Å². The van der Waals surface area contributed by atoms with Gasteiger partial charge in [-0.25, -0.2) is 10.5 Å². The third-order valence-electron chi connectivity index (χ3n) is 3.49. The molecule has 23 heavy (non-hydrogen) atoms. The lowest BCUT2D eigenvalue weighted by Crippen LogP contribution is -2.23. The van der Waals surface area contributed by atoms with Gasteiger partial charge >= 0.3 is 0 Å². The molecule has 0 bridgehead atoms. The van der Waals surface area contributed by atoms with Gasteiger partial charge in [0.2, 0.25) is 0 Å². The molecule has 1 aromatic heterocycles. The van der Waals surface area contributed by atoms with Crippen molar-refractivity contribution < 1.29 is 10.0 Å². The zero-order chi connectivity index (χ0) is 16.4. The Balaban J connectivity index is 2.09. The molecule has 0 unspecified atom stereocenters. The zero-order valence-corrected chi connectivity index (χ0v) is 12.6. The first-order valence-electron chi connectivity index (χ1n) is 6.77. The van der Waals surface area contributed by atoms with Crippen molar-refractivity contribution in [2.45, 2.75) is 6.54 Å². The number of fused-ring (bicyclic) bond motifs is 1. The van der Waals surface area contributed by atoms with Crippen LogP contribution in [0.4, 0.5) is 0 Å². The third kappa shape index (κ3) is 2.94. The minimum atomic E-state index is -0.687. The summed E-state index contributed by atoms with van der Waals surface area (Å²) < 4.78 is 1.42. The summed E-state index contributed by atoms with van der Waals surface area (Å²) in [7, 11) is 0. The number of hydroxylamine groups is 1. The number of carbonyl (C=O) groups excluding carboxylic acids is 1. The Labute approximate surface area is 135 Å². The van der Waals surface area contributed by atoms with Gasteiger partial charge in [0, 0.05) is 10.6 Å². The number of rotatable bonds is 3. The topological polar surface area (TPSA) is 84.2 Å². The van der Waals surface area contributed by atoms with E-state index in [1.54, 1.807) is 17.6 Å². The molecule has 0 aliphatic carbocycles. The van der Waals surface area contributed by atoms with E-state index in [-0.39, 0.29) is 17.7 Å². The molecule has 0 aliphatic heterocycles. The van der Waals surface area contributed by atoms with E-state index in [4.69, 9.17) is 16.8 Å². The highest BCUT2D eigenvalue weighted by Crippen LogP contribution is 2.16. The number of nitrogens with one attached hydrogen (secondary N) is 1. The summed E-state index contributed by atoms with van der Waals surface area (Å²) in [6, 6.07) is 11.7. The fourth-order valence-corrected chi connectivity index (χ4v) is 2.48. The van der Waals surface area contributed by atoms with Crippen LogP contribution >= 0.6 is 11.6 Å². The van der Waals surface area contributed by atoms with Crippen molar-refractivity contribution in [1.29, 1.82) is 0 Å². The molecule has 1 amide bonds. The van der Waals surface area contributed by atoms with Crippen molar-refractivity contribution in [3.05, 3.63) is 75.3 Å². The highest BCUT2D eigenvalue weighted by molar-refractivity contribution is 6.31. The summed E-state index contributed by atoms with van der Waals surface area (Å²) in [5.74, 6) is -0.687. The van der Waals surface area contributed by atoms with Gasteiger partial charge in [-0.05, 0) is 29.8 Å². The van der Waals surface area contributed by atoms with Gasteiger partial charge in [-0.15, -0.1) is 0 Å².